The van der Waals surface area contributed by atoms with E-state index in [1.165, 1.54) is 13.4 Å². The zero-order valence-electron chi connectivity index (χ0n) is 11.8. The minimum absolute atomic E-state index is 0.204. The molecule has 21 heavy (non-hydrogen) atoms. The van der Waals surface area contributed by atoms with Gasteiger partial charge in [-0.1, -0.05) is 13.0 Å². The highest BCUT2D eigenvalue weighted by Crippen LogP contribution is 2.58. The van der Waals surface area contributed by atoms with Crippen LogP contribution >= 0.6 is 0 Å². The maximum absolute atomic E-state index is 12.1. The summed E-state index contributed by atoms with van der Waals surface area (Å²) in [4.78, 5) is 23.9. The first-order valence-electron chi connectivity index (χ1n) is 7.14. The summed E-state index contributed by atoms with van der Waals surface area (Å²) in [5, 5.41) is 0. The number of carbonyl (C=O) groups excluding carboxylic acids is 2. The minimum atomic E-state index is -0.805. The second-order valence-electron chi connectivity index (χ2n) is 5.83. The van der Waals surface area contributed by atoms with E-state index in [0.29, 0.717) is 12.0 Å². The van der Waals surface area contributed by atoms with Crippen molar-refractivity contribution in [3.63, 3.8) is 0 Å². The Balaban J connectivity index is 1.74. The standard InChI is InChI=1S/C15H16O6/c1-3-7-11-15(21-13(7)17)5-4-8-9(12(16)18-2)6-19-14(20-11)10(8)15/h4-8,10-11,14H,3H2,1-2H3/t7-,8+,10+,11+,14+,15-/m0/s1. The van der Waals surface area contributed by atoms with Crippen molar-refractivity contribution < 1.29 is 28.5 Å². The average molecular weight is 292 g/mol. The number of allylic oxidation sites excluding steroid dienone is 1. The lowest BCUT2D eigenvalue weighted by molar-refractivity contribution is -0.162. The van der Waals surface area contributed by atoms with Gasteiger partial charge in [-0.25, -0.2) is 4.79 Å². The van der Waals surface area contributed by atoms with Gasteiger partial charge in [-0.05, 0) is 12.5 Å². The molecule has 0 N–H and O–H groups in total. The summed E-state index contributed by atoms with van der Waals surface area (Å²) in [7, 11) is 1.33. The first-order chi connectivity index (χ1) is 10.1. The Hall–Kier alpha value is -1.82. The Labute approximate surface area is 121 Å². The van der Waals surface area contributed by atoms with Gasteiger partial charge in [0.2, 0.25) is 6.29 Å². The molecule has 0 saturated carbocycles. The van der Waals surface area contributed by atoms with Crippen LogP contribution in [-0.2, 0) is 28.5 Å². The molecule has 3 heterocycles. The van der Waals surface area contributed by atoms with Crippen LogP contribution in [0, 0.1) is 17.8 Å². The summed E-state index contributed by atoms with van der Waals surface area (Å²) in [5.41, 5.74) is -0.368. The van der Waals surface area contributed by atoms with Crippen LogP contribution < -0.4 is 0 Å². The van der Waals surface area contributed by atoms with Gasteiger partial charge in [0.15, 0.2) is 5.60 Å². The van der Waals surface area contributed by atoms with Crippen molar-refractivity contribution in [3.8, 4) is 0 Å². The summed E-state index contributed by atoms with van der Waals surface area (Å²) in [6.07, 6.45) is 4.99. The van der Waals surface area contributed by atoms with Gasteiger partial charge in [0.25, 0.3) is 0 Å². The van der Waals surface area contributed by atoms with Gasteiger partial charge < -0.3 is 18.9 Å². The molecular formula is C15H16O6. The lowest BCUT2D eigenvalue weighted by atomic mass is 9.77. The van der Waals surface area contributed by atoms with E-state index in [1.807, 2.05) is 19.1 Å². The minimum Gasteiger partial charge on any atom is -0.471 e. The van der Waals surface area contributed by atoms with E-state index in [4.69, 9.17) is 18.9 Å². The van der Waals surface area contributed by atoms with Crippen LogP contribution in [0.2, 0.25) is 0 Å². The Morgan fingerprint density at radius 2 is 2.29 bits per heavy atom. The Kier molecular flexibility index (Phi) is 2.52. The van der Waals surface area contributed by atoms with Crippen LogP contribution in [0.5, 0.6) is 0 Å². The van der Waals surface area contributed by atoms with E-state index in [-0.39, 0.29) is 29.8 Å². The van der Waals surface area contributed by atoms with Crippen LogP contribution in [-0.4, -0.2) is 37.0 Å². The van der Waals surface area contributed by atoms with Crippen LogP contribution in [0.4, 0.5) is 0 Å². The summed E-state index contributed by atoms with van der Waals surface area (Å²) in [6.45, 7) is 1.94. The van der Waals surface area contributed by atoms with Gasteiger partial charge in [0.1, 0.15) is 6.10 Å². The van der Waals surface area contributed by atoms with E-state index in [2.05, 4.69) is 0 Å². The summed E-state index contributed by atoms with van der Waals surface area (Å²) >= 11 is 0. The van der Waals surface area contributed by atoms with Gasteiger partial charge in [-0.3, -0.25) is 4.79 Å². The normalized spacial score (nSPS) is 45.5. The fourth-order valence-electron chi connectivity index (χ4n) is 4.03. The maximum Gasteiger partial charge on any atom is 0.337 e. The largest absolute Gasteiger partial charge is 0.471 e. The molecule has 6 atom stereocenters. The molecule has 0 bridgehead atoms. The molecule has 1 aliphatic carbocycles. The van der Waals surface area contributed by atoms with Crippen molar-refractivity contribution in [3.05, 3.63) is 24.0 Å². The van der Waals surface area contributed by atoms with Crippen molar-refractivity contribution in [1.29, 1.82) is 0 Å². The number of rotatable bonds is 2. The average Bonchev–Trinajstić information content (AvgIpc) is 3.08. The SMILES string of the molecule is CC[C@@H]1C(=O)O[C@]23C=C[C@@H]4C(C(=O)OC)=CO[C@H](O[C@H]12)[C@@H]43. The topological polar surface area (TPSA) is 71.1 Å². The first-order valence-corrected chi connectivity index (χ1v) is 7.14. The summed E-state index contributed by atoms with van der Waals surface area (Å²) in [6, 6.07) is 0. The number of hydrogen-bond acceptors (Lipinski definition) is 6. The van der Waals surface area contributed by atoms with Crippen molar-refractivity contribution in [1.82, 2.24) is 0 Å². The number of ether oxygens (including phenoxy) is 4. The number of esters is 2. The lowest BCUT2D eigenvalue weighted by Gasteiger charge is -2.32. The molecule has 0 aromatic carbocycles. The predicted octanol–water partition coefficient (Wildman–Crippen LogP) is 0.922. The molecule has 0 radical (unpaired) electrons. The van der Waals surface area contributed by atoms with Crippen molar-refractivity contribution in [2.75, 3.05) is 7.11 Å². The molecule has 2 saturated heterocycles. The zero-order valence-corrected chi connectivity index (χ0v) is 11.8. The second kappa shape index (κ2) is 4.10. The highest BCUT2D eigenvalue weighted by Gasteiger charge is 2.71. The molecule has 0 aromatic rings. The molecule has 4 aliphatic rings. The monoisotopic (exact) mass is 292 g/mol. The molecule has 3 aliphatic heterocycles. The van der Waals surface area contributed by atoms with E-state index in [1.54, 1.807) is 0 Å². The van der Waals surface area contributed by atoms with E-state index < -0.39 is 17.9 Å². The number of hydrogen-bond donors (Lipinski definition) is 0. The highest BCUT2D eigenvalue weighted by molar-refractivity contribution is 5.90. The summed E-state index contributed by atoms with van der Waals surface area (Å²) < 4.78 is 22.0. The van der Waals surface area contributed by atoms with Crippen LogP contribution in [0.3, 0.4) is 0 Å². The molecule has 112 valence electrons. The Morgan fingerprint density at radius 1 is 1.48 bits per heavy atom. The zero-order chi connectivity index (χ0) is 14.8. The third-order valence-corrected chi connectivity index (χ3v) is 4.99. The quantitative estimate of drug-likeness (QED) is 0.557. The van der Waals surface area contributed by atoms with Crippen LogP contribution in [0.25, 0.3) is 0 Å². The molecule has 2 fully saturated rings. The first kappa shape index (κ1) is 12.9. The van der Waals surface area contributed by atoms with Gasteiger partial charge >= 0.3 is 11.9 Å². The number of methoxy groups -OCH3 is 1. The maximum atomic E-state index is 12.1. The smallest absolute Gasteiger partial charge is 0.337 e. The van der Waals surface area contributed by atoms with Gasteiger partial charge in [-0.2, -0.15) is 0 Å². The van der Waals surface area contributed by atoms with Crippen molar-refractivity contribution >= 4 is 11.9 Å². The molecule has 0 amide bonds. The molecule has 6 heteroatoms. The lowest BCUT2D eigenvalue weighted by Crippen LogP contribution is -2.43. The van der Waals surface area contributed by atoms with Crippen LogP contribution in [0.1, 0.15) is 13.3 Å². The Morgan fingerprint density at radius 3 is 3.00 bits per heavy atom. The van der Waals surface area contributed by atoms with E-state index in [9.17, 15) is 9.59 Å². The molecule has 6 nitrogen and oxygen atoms in total. The third kappa shape index (κ3) is 1.41. The highest BCUT2D eigenvalue weighted by atomic mass is 16.7. The van der Waals surface area contributed by atoms with E-state index in [0.717, 1.165) is 0 Å². The second-order valence-corrected chi connectivity index (χ2v) is 5.83. The summed E-state index contributed by atoms with van der Waals surface area (Å²) in [5.74, 6) is -1.38. The van der Waals surface area contributed by atoms with Gasteiger partial charge in [-0.15, -0.1) is 0 Å². The third-order valence-electron chi connectivity index (χ3n) is 4.99. The number of carbonyl (C=O) groups is 2. The van der Waals surface area contributed by atoms with Crippen LogP contribution in [0.15, 0.2) is 24.0 Å². The molecule has 4 rings (SSSR count). The van der Waals surface area contributed by atoms with Gasteiger partial charge in [0.05, 0.1) is 30.8 Å². The van der Waals surface area contributed by atoms with Crippen molar-refractivity contribution in [2.45, 2.75) is 31.3 Å². The fourth-order valence-corrected chi connectivity index (χ4v) is 4.03. The molecule has 1 spiro atoms. The predicted molar refractivity (Wildman–Crippen MR) is 68.6 cm³/mol. The molecule has 0 unspecified atom stereocenters. The molecular weight excluding hydrogens is 276 g/mol. The fraction of sp³-hybridized carbons (Fsp3) is 0.600. The van der Waals surface area contributed by atoms with Crippen molar-refractivity contribution in [2.24, 2.45) is 17.8 Å². The van der Waals surface area contributed by atoms with E-state index >= 15 is 0 Å². The molecule has 0 aromatic heterocycles. The Bertz CT molecular complexity index is 579. The van der Waals surface area contributed by atoms with Gasteiger partial charge in [0, 0.05) is 5.92 Å².